The molecular weight excluding hydrogens is 441 g/mol. The molecule has 0 spiro atoms. The van der Waals surface area contributed by atoms with E-state index in [1.54, 1.807) is 11.0 Å². The molecule has 3 unspecified atom stereocenters. The maximum atomic E-state index is 13.2. The lowest BCUT2D eigenvalue weighted by atomic mass is 9.89. The summed E-state index contributed by atoms with van der Waals surface area (Å²) in [7, 11) is 0. The summed E-state index contributed by atoms with van der Waals surface area (Å²) in [6, 6.07) is 4.00. The number of aliphatic imine (C=N–C) groups is 1. The molecule has 2 fully saturated rings. The molecule has 11 heteroatoms. The fourth-order valence-corrected chi connectivity index (χ4v) is 4.70. The largest absolute Gasteiger partial charge is 0.473 e. The smallest absolute Gasteiger partial charge is 0.383 e. The molecule has 1 saturated heterocycles. The number of nitrogens with one attached hydrogen (secondary N) is 1. The summed E-state index contributed by atoms with van der Waals surface area (Å²) in [6.07, 6.45) is -0.732. The van der Waals surface area contributed by atoms with Gasteiger partial charge < -0.3 is 20.7 Å². The van der Waals surface area contributed by atoms with Crippen molar-refractivity contribution in [2.75, 3.05) is 6.61 Å². The van der Waals surface area contributed by atoms with Crippen LogP contribution in [-0.4, -0.2) is 59.4 Å². The Morgan fingerprint density at radius 1 is 1.15 bits per heavy atom. The minimum absolute atomic E-state index is 0.0634. The van der Waals surface area contributed by atoms with E-state index in [-0.39, 0.29) is 29.5 Å². The minimum atomic E-state index is -5.13. The Kier molecular flexibility index (Phi) is 6.42. The van der Waals surface area contributed by atoms with Gasteiger partial charge in [0.25, 0.3) is 5.91 Å². The average molecular weight is 466 g/mol. The lowest BCUT2D eigenvalue weighted by Crippen LogP contribution is -2.55. The molecule has 0 bridgehead atoms. The van der Waals surface area contributed by atoms with E-state index >= 15 is 0 Å². The summed E-state index contributed by atoms with van der Waals surface area (Å²) in [5.74, 6) is -3.36. The first-order valence-corrected chi connectivity index (χ1v) is 11.0. The molecule has 3 aliphatic rings. The van der Waals surface area contributed by atoms with Gasteiger partial charge in [-0.3, -0.25) is 14.4 Å². The van der Waals surface area contributed by atoms with Crippen LogP contribution < -0.4 is 11.1 Å². The highest BCUT2D eigenvalue weighted by molar-refractivity contribution is 6.07. The van der Waals surface area contributed by atoms with Crippen molar-refractivity contribution in [1.82, 2.24) is 10.2 Å². The molecule has 3 N–H and O–H groups in total. The zero-order chi connectivity index (χ0) is 23.8. The number of nitrogens with two attached hydrogens (primary N) is 1. The van der Waals surface area contributed by atoms with Crippen LogP contribution in [0.2, 0.25) is 0 Å². The maximum Gasteiger partial charge on any atom is 0.473 e. The topological polar surface area (TPSA) is 114 Å². The SMILES string of the molecule is NC(=NC(=O)C(F)(F)F)c1ccc2c(c1)C(=O)N(C1CCCCC1NC(=O)C1CCCO1)C2. The van der Waals surface area contributed by atoms with Crippen molar-refractivity contribution in [1.29, 1.82) is 0 Å². The van der Waals surface area contributed by atoms with Crippen LogP contribution in [0.15, 0.2) is 23.2 Å². The molecule has 8 nitrogen and oxygen atoms in total. The first-order chi connectivity index (χ1) is 15.6. The molecule has 3 atom stereocenters. The first kappa shape index (κ1) is 23.2. The Balaban J connectivity index is 1.51. The number of amidine groups is 1. The van der Waals surface area contributed by atoms with Crippen molar-refractivity contribution in [3.63, 3.8) is 0 Å². The van der Waals surface area contributed by atoms with Crippen LogP contribution in [0, 0.1) is 0 Å². The number of carbonyl (C=O) groups excluding carboxylic acids is 3. The van der Waals surface area contributed by atoms with Crippen molar-refractivity contribution in [3.8, 4) is 0 Å². The molecule has 178 valence electrons. The number of carbonyl (C=O) groups is 3. The zero-order valence-electron chi connectivity index (χ0n) is 17.9. The number of rotatable bonds is 4. The number of halogens is 3. The monoisotopic (exact) mass is 466 g/mol. The lowest BCUT2D eigenvalue weighted by molar-refractivity contribution is -0.169. The normalized spacial score (nSPS) is 25.8. The number of amides is 3. The van der Waals surface area contributed by atoms with Crippen molar-refractivity contribution in [2.45, 2.75) is 69.4 Å². The molecule has 33 heavy (non-hydrogen) atoms. The van der Waals surface area contributed by atoms with Crippen molar-refractivity contribution >= 4 is 23.6 Å². The van der Waals surface area contributed by atoms with E-state index < -0.39 is 24.0 Å². The summed E-state index contributed by atoms with van der Waals surface area (Å²) in [5.41, 5.74) is 6.66. The van der Waals surface area contributed by atoms with Gasteiger partial charge in [-0.1, -0.05) is 25.0 Å². The van der Waals surface area contributed by atoms with Crippen LogP contribution in [-0.2, 0) is 20.9 Å². The molecule has 2 aliphatic heterocycles. The van der Waals surface area contributed by atoms with Crippen LogP contribution in [0.1, 0.15) is 60.0 Å². The van der Waals surface area contributed by atoms with E-state index in [4.69, 9.17) is 10.5 Å². The summed E-state index contributed by atoms with van der Waals surface area (Å²) in [6.45, 7) is 0.888. The molecule has 1 aromatic carbocycles. The molecule has 2 heterocycles. The highest BCUT2D eigenvalue weighted by atomic mass is 19.4. The van der Waals surface area contributed by atoms with Crippen LogP contribution >= 0.6 is 0 Å². The van der Waals surface area contributed by atoms with Crippen molar-refractivity contribution in [3.05, 3.63) is 34.9 Å². The number of alkyl halides is 3. The van der Waals surface area contributed by atoms with E-state index in [9.17, 15) is 27.6 Å². The number of benzene rings is 1. The second kappa shape index (κ2) is 9.12. The molecule has 1 saturated carbocycles. The fraction of sp³-hybridized carbons (Fsp3) is 0.545. The Labute approximate surface area is 188 Å². The first-order valence-electron chi connectivity index (χ1n) is 11.0. The summed E-state index contributed by atoms with van der Waals surface area (Å²) in [4.78, 5) is 41.5. The van der Waals surface area contributed by atoms with Gasteiger partial charge in [-0.2, -0.15) is 18.2 Å². The van der Waals surface area contributed by atoms with E-state index in [0.717, 1.165) is 32.1 Å². The van der Waals surface area contributed by atoms with Gasteiger partial charge in [-0.25, -0.2) is 0 Å². The molecule has 1 aromatic rings. The van der Waals surface area contributed by atoms with Gasteiger partial charge in [0.05, 0.1) is 6.04 Å². The third kappa shape index (κ3) is 4.87. The van der Waals surface area contributed by atoms with Crippen molar-refractivity contribution < 1.29 is 32.3 Å². The van der Waals surface area contributed by atoms with E-state index in [2.05, 4.69) is 10.3 Å². The molecule has 0 radical (unpaired) electrons. The van der Waals surface area contributed by atoms with Gasteiger partial charge in [0.1, 0.15) is 11.9 Å². The highest BCUT2D eigenvalue weighted by Crippen LogP contribution is 2.32. The second-order valence-corrected chi connectivity index (χ2v) is 8.57. The number of fused-ring (bicyclic) bond motifs is 1. The van der Waals surface area contributed by atoms with Gasteiger partial charge >= 0.3 is 12.1 Å². The quantitative estimate of drug-likeness (QED) is 0.521. The van der Waals surface area contributed by atoms with Crippen LogP contribution in [0.3, 0.4) is 0 Å². The highest BCUT2D eigenvalue weighted by Gasteiger charge is 2.40. The van der Waals surface area contributed by atoms with Gasteiger partial charge in [0, 0.05) is 30.3 Å². The lowest BCUT2D eigenvalue weighted by Gasteiger charge is -2.38. The molecule has 0 aromatic heterocycles. The number of nitrogens with zero attached hydrogens (tertiary/aromatic N) is 2. The maximum absolute atomic E-state index is 13.2. The zero-order valence-corrected chi connectivity index (χ0v) is 17.9. The molecular formula is C22H25F3N4O4. The van der Waals surface area contributed by atoms with Gasteiger partial charge in [0.2, 0.25) is 5.91 Å². The predicted octanol–water partition coefficient (Wildman–Crippen LogP) is 2.04. The van der Waals surface area contributed by atoms with Crippen LogP contribution in [0.5, 0.6) is 0 Å². The Bertz CT molecular complexity index is 988. The Morgan fingerprint density at radius 2 is 1.91 bits per heavy atom. The minimum Gasteiger partial charge on any atom is -0.383 e. The predicted molar refractivity (Wildman–Crippen MR) is 111 cm³/mol. The van der Waals surface area contributed by atoms with Crippen LogP contribution in [0.25, 0.3) is 0 Å². The van der Waals surface area contributed by atoms with Crippen molar-refractivity contribution in [2.24, 2.45) is 10.7 Å². The third-order valence-corrected chi connectivity index (χ3v) is 6.38. The van der Waals surface area contributed by atoms with Crippen LogP contribution in [0.4, 0.5) is 13.2 Å². The molecule has 1 aliphatic carbocycles. The average Bonchev–Trinajstić information content (AvgIpc) is 3.42. The van der Waals surface area contributed by atoms with Gasteiger partial charge in [-0.05, 0) is 37.3 Å². The number of hydrogen-bond donors (Lipinski definition) is 2. The standard InChI is InChI=1S/C22H25F3N4O4/c23-22(24,25)21(32)28-18(26)12-7-8-13-11-29(20(31)14(13)10-12)16-5-2-1-4-15(16)27-19(30)17-6-3-9-33-17/h7-8,10,15-17H,1-6,9,11H2,(H,27,30)(H2,26,28,32). The molecule has 3 amide bonds. The van der Waals surface area contributed by atoms with E-state index in [1.807, 2.05) is 0 Å². The Morgan fingerprint density at radius 3 is 2.61 bits per heavy atom. The summed E-state index contributed by atoms with van der Waals surface area (Å²) >= 11 is 0. The van der Waals surface area contributed by atoms with E-state index in [0.29, 0.717) is 30.7 Å². The van der Waals surface area contributed by atoms with E-state index in [1.165, 1.54) is 12.1 Å². The number of ether oxygens (including phenoxy) is 1. The fourth-order valence-electron chi connectivity index (χ4n) is 4.70. The van der Waals surface area contributed by atoms with Gasteiger partial charge in [-0.15, -0.1) is 0 Å². The number of hydrogen-bond acceptors (Lipinski definition) is 4. The summed E-state index contributed by atoms with van der Waals surface area (Å²) < 4.78 is 42.9. The Hall–Kier alpha value is -2.95. The summed E-state index contributed by atoms with van der Waals surface area (Å²) in [5, 5.41) is 3.06. The molecule has 4 rings (SSSR count). The van der Waals surface area contributed by atoms with Gasteiger partial charge in [0.15, 0.2) is 0 Å². The second-order valence-electron chi connectivity index (χ2n) is 8.57. The third-order valence-electron chi connectivity index (χ3n) is 6.38.